The summed E-state index contributed by atoms with van der Waals surface area (Å²) in [6.45, 7) is 4.26. The number of amides is 1. The molecule has 1 aromatic carbocycles. The van der Waals surface area contributed by atoms with Gasteiger partial charge in [0.25, 0.3) is 0 Å². The minimum atomic E-state index is -0.575. The van der Waals surface area contributed by atoms with Crippen molar-refractivity contribution >= 4 is 11.6 Å². The zero-order chi connectivity index (χ0) is 11.8. The Kier molecular flexibility index (Phi) is 2.33. The van der Waals surface area contributed by atoms with Crippen molar-refractivity contribution in [3.63, 3.8) is 0 Å². The molecule has 1 aliphatic rings. The quantitative estimate of drug-likeness (QED) is 0.437. The lowest BCUT2D eigenvalue weighted by molar-refractivity contribution is -0.126. The fraction of sp³-hybridized carbons (Fsp3) is 0.364. The summed E-state index contributed by atoms with van der Waals surface area (Å²) in [5, 5.41) is 6.39. The number of hydrogen-bond acceptors (Lipinski definition) is 2. The SMILES string of the molecule is CC1(C)C(=O)NCc2ccc(N=[N+]=[N-])cc21. The Morgan fingerprint density at radius 1 is 1.50 bits per heavy atom. The van der Waals surface area contributed by atoms with Crippen molar-refractivity contribution in [3.05, 3.63) is 39.8 Å². The highest BCUT2D eigenvalue weighted by molar-refractivity contribution is 5.89. The van der Waals surface area contributed by atoms with E-state index in [4.69, 9.17) is 5.53 Å². The van der Waals surface area contributed by atoms with Gasteiger partial charge in [-0.1, -0.05) is 17.2 Å². The first kappa shape index (κ1) is 10.5. The van der Waals surface area contributed by atoms with Crippen molar-refractivity contribution in [1.29, 1.82) is 0 Å². The number of nitrogens with one attached hydrogen (secondary N) is 1. The number of benzene rings is 1. The number of carbonyl (C=O) groups is 1. The van der Waals surface area contributed by atoms with E-state index >= 15 is 0 Å². The minimum absolute atomic E-state index is 0.00177. The molecule has 1 aliphatic heterocycles. The van der Waals surface area contributed by atoms with Gasteiger partial charge in [0.15, 0.2) is 0 Å². The van der Waals surface area contributed by atoms with Gasteiger partial charge in [0.05, 0.1) is 5.41 Å². The maximum Gasteiger partial charge on any atom is 0.230 e. The summed E-state index contributed by atoms with van der Waals surface area (Å²) in [6, 6.07) is 5.43. The highest BCUT2D eigenvalue weighted by Gasteiger charge is 2.35. The lowest BCUT2D eigenvalue weighted by atomic mass is 9.78. The van der Waals surface area contributed by atoms with Crippen LogP contribution in [0.3, 0.4) is 0 Å². The van der Waals surface area contributed by atoms with Crippen molar-refractivity contribution in [2.45, 2.75) is 25.8 Å². The maximum absolute atomic E-state index is 11.7. The first-order chi connectivity index (χ1) is 7.55. The van der Waals surface area contributed by atoms with E-state index in [1.807, 2.05) is 19.9 Å². The minimum Gasteiger partial charge on any atom is -0.351 e. The molecule has 0 bridgehead atoms. The molecule has 0 saturated heterocycles. The topological polar surface area (TPSA) is 77.9 Å². The van der Waals surface area contributed by atoms with Gasteiger partial charge in [-0.15, -0.1) is 0 Å². The Bertz CT molecular complexity index is 501. The third-order valence-electron chi connectivity index (χ3n) is 2.93. The fourth-order valence-corrected chi connectivity index (χ4v) is 1.93. The zero-order valence-electron chi connectivity index (χ0n) is 9.19. The molecule has 0 aliphatic carbocycles. The predicted molar refractivity (Wildman–Crippen MR) is 60.1 cm³/mol. The second kappa shape index (κ2) is 3.54. The van der Waals surface area contributed by atoms with Gasteiger partial charge >= 0.3 is 0 Å². The molecule has 0 aromatic heterocycles. The van der Waals surface area contributed by atoms with Gasteiger partial charge in [-0.3, -0.25) is 4.79 Å². The molecular formula is C11H12N4O. The van der Waals surface area contributed by atoms with Crippen LogP contribution in [-0.4, -0.2) is 5.91 Å². The van der Waals surface area contributed by atoms with E-state index in [1.165, 1.54) is 0 Å². The molecule has 1 amide bonds. The van der Waals surface area contributed by atoms with Gasteiger partial charge in [-0.25, -0.2) is 0 Å². The Morgan fingerprint density at radius 3 is 2.94 bits per heavy atom. The normalized spacial score (nSPS) is 17.0. The summed E-state index contributed by atoms with van der Waals surface area (Å²) in [5.41, 5.74) is 10.4. The van der Waals surface area contributed by atoms with E-state index in [9.17, 15) is 4.79 Å². The molecule has 0 fully saturated rings. The average molecular weight is 216 g/mol. The van der Waals surface area contributed by atoms with Crippen LogP contribution < -0.4 is 5.32 Å². The lowest BCUT2D eigenvalue weighted by Gasteiger charge is -2.31. The zero-order valence-corrected chi connectivity index (χ0v) is 9.19. The highest BCUT2D eigenvalue weighted by atomic mass is 16.2. The fourth-order valence-electron chi connectivity index (χ4n) is 1.93. The molecule has 16 heavy (non-hydrogen) atoms. The second-order valence-electron chi connectivity index (χ2n) is 4.34. The predicted octanol–water partition coefficient (Wildman–Crippen LogP) is 2.54. The summed E-state index contributed by atoms with van der Waals surface area (Å²) >= 11 is 0. The van der Waals surface area contributed by atoms with Crippen molar-refractivity contribution in [2.24, 2.45) is 5.11 Å². The lowest BCUT2D eigenvalue weighted by Crippen LogP contribution is -2.44. The number of fused-ring (bicyclic) bond motifs is 1. The molecule has 0 atom stereocenters. The summed E-state index contributed by atoms with van der Waals surface area (Å²) in [6.07, 6.45) is 0. The first-order valence-electron chi connectivity index (χ1n) is 5.02. The summed E-state index contributed by atoms with van der Waals surface area (Å²) < 4.78 is 0. The van der Waals surface area contributed by atoms with E-state index in [1.54, 1.807) is 12.1 Å². The standard InChI is InChI=1S/C11H12N4O/c1-11(2)9-5-8(14-15-12)4-3-7(9)6-13-10(11)16/h3-5H,6H2,1-2H3,(H,13,16). The van der Waals surface area contributed by atoms with Gasteiger partial charge in [0.2, 0.25) is 5.91 Å². The van der Waals surface area contributed by atoms with Crippen LogP contribution in [0.1, 0.15) is 25.0 Å². The number of hydrogen-bond donors (Lipinski definition) is 1. The Balaban J connectivity index is 2.59. The van der Waals surface area contributed by atoms with E-state index in [-0.39, 0.29) is 5.91 Å². The van der Waals surface area contributed by atoms with E-state index in [0.29, 0.717) is 12.2 Å². The van der Waals surface area contributed by atoms with Gasteiger partial charge < -0.3 is 5.32 Å². The Hall–Kier alpha value is -2.00. The first-order valence-corrected chi connectivity index (χ1v) is 5.02. The molecule has 5 heteroatoms. The second-order valence-corrected chi connectivity index (χ2v) is 4.34. The number of nitrogens with zero attached hydrogens (tertiary/aromatic N) is 3. The third-order valence-corrected chi connectivity index (χ3v) is 2.93. The van der Waals surface area contributed by atoms with Crippen molar-refractivity contribution < 1.29 is 4.79 Å². The largest absolute Gasteiger partial charge is 0.351 e. The van der Waals surface area contributed by atoms with Crippen LogP contribution in [0, 0.1) is 0 Å². The molecule has 0 saturated carbocycles. The third kappa shape index (κ3) is 1.51. The van der Waals surface area contributed by atoms with Crippen molar-refractivity contribution in [3.8, 4) is 0 Å². The van der Waals surface area contributed by atoms with Crippen LogP contribution in [0.2, 0.25) is 0 Å². The monoisotopic (exact) mass is 216 g/mol. The van der Waals surface area contributed by atoms with E-state index in [0.717, 1.165) is 11.1 Å². The smallest absolute Gasteiger partial charge is 0.230 e. The summed E-state index contributed by atoms with van der Waals surface area (Å²) in [4.78, 5) is 14.5. The molecule has 1 heterocycles. The molecule has 5 nitrogen and oxygen atoms in total. The van der Waals surface area contributed by atoms with Gasteiger partial charge in [0, 0.05) is 17.1 Å². The van der Waals surface area contributed by atoms with E-state index in [2.05, 4.69) is 15.3 Å². The van der Waals surface area contributed by atoms with Gasteiger partial charge in [-0.05, 0) is 36.6 Å². The Morgan fingerprint density at radius 2 is 2.25 bits per heavy atom. The Labute approximate surface area is 93.1 Å². The maximum atomic E-state index is 11.7. The number of carbonyl (C=O) groups excluding carboxylic acids is 1. The van der Waals surface area contributed by atoms with Crippen LogP contribution in [0.15, 0.2) is 23.3 Å². The van der Waals surface area contributed by atoms with Crippen molar-refractivity contribution in [2.75, 3.05) is 0 Å². The molecule has 0 radical (unpaired) electrons. The molecule has 1 aromatic rings. The number of azide groups is 1. The molecule has 0 unspecified atom stereocenters. The summed E-state index contributed by atoms with van der Waals surface area (Å²) in [5.74, 6) is -0.00177. The molecule has 2 rings (SSSR count). The van der Waals surface area contributed by atoms with Crippen LogP contribution in [0.25, 0.3) is 10.4 Å². The van der Waals surface area contributed by atoms with Gasteiger partial charge in [-0.2, -0.15) is 0 Å². The average Bonchev–Trinajstić information content (AvgIpc) is 2.25. The number of rotatable bonds is 1. The van der Waals surface area contributed by atoms with Gasteiger partial charge in [0.1, 0.15) is 0 Å². The highest BCUT2D eigenvalue weighted by Crippen LogP contribution is 2.33. The van der Waals surface area contributed by atoms with Crippen LogP contribution >= 0.6 is 0 Å². The molecule has 1 N–H and O–H groups in total. The van der Waals surface area contributed by atoms with Crippen molar-refractivity contribution in [1.82, 2.24) is 5.32 Å². The van der Waals surface area contributed by atoms with Crippen LogP contribution in [-0.2, 0) is 16.8 Å². The molecular weight excluding hydrogens is 204 g/mol. The van der Waals surface area contributed by atoms with Crippen LogP contribution in [0.5, 0.6) is 0 Å². The van der Waals surface area contributed by atoms with E-state index < -0.39 is 5.41 Å². The molecule has 82 valence electrons. The summed E-state index contributed by atoms with van der Waals surface area (Å²) in [7, 11) is 0. The molecule has 0 spiro atoms. The van der Waals surface area contributed by atoms with Crippen LogP contribution in [0.4, 0.5) is 5.69 Å².